The minimum absolute atomic E-state index is 0.0747. The van der Waals surface area contributed by atoms with E-state index < -0.39 is 24.0 Å². The lowest BCUT2D eigenvalue weighted by Gasteiger charge is -2.37. The maximum atomic E-state index is 12.1. The number of rotatable bonds is 9. The van der Waals surface area contributed by atoms with Crippen LogP contribution in [0.1, 0.15) is 29.3 Å². The smallest absolute Gasteiger partial charge is 0.278 e. The second-order valence-corrected chi connectivity index (χ2v) is 9.80. The van der Waals surface area contributed by atoms with E-state index in [0.29, 0.717) is 5.65 Å². The minimum Gasteiger partial charge on any atom is -0.497 e. The van der Waals surface area contributed by atoms with Crippen molar-refractivity contribution < 1.29 is 24.1 Å². The van der Waals surface area contributed by atoms with Crippen LogP contribution in [-0.2, 0) is 15.1 Å². The molecule has 2 aromatic heterocycles. The Bertz CT molecular complexity index is 1620. The number of hydrogen-bond donors (Lipinski definition) is 2. The zero-order chi connectivity index (χ0) is 28.4. The molecule has 1 aliphatic heterocycles. The highest BCUT2D eigenvalue weighted by Crippen LogP contribution is 2.42. The van der Waals surface area contributed by atoms with E-state index in [9.17, 15) is 9.90 Å². The van der Waals surface area contributed by atoms with E-state index in [2.05, 4.69) is 15.0 Å². The van der Waals surface area contributed by atoms with E-state index in [4.69, 9.17) is 18.9 Å². The summed E-state index contributed by atoms with van der Waals surface area (Å²) in [6, 6.07) is 25.4. The Hall–Kier alpha value is -4.51. The number of methoxy groups -OCH3 is 2. The van der Waals surface area contributed by atoms with Gasteiger partial charge in [-0.05, 0) is 41.0 Å². The number of nitrogens with one attached hydrogen (secondary N) is 1. The minimum atomic E-state index is -1.04. The Balaban J connectivity index is 1.37. The number of aliphatic hydroxyl groups excluding tert-OH is 1. The molecule has 41 heavy (non-hydrogen) atoms. The summed E-state index contributed by atoms with van der Waals surface area (Å²) in [4.78, 5) is 23.1. The second kappa shape index (κ2) is 11.2. The molecular weight excluding hydrogens is 524 g/mol. The molecule has 0 spiro atoms. The molecule has 0 amide bonds. The summed E-state index contributed by atoms with van der Waals surface area (Å²) in [5, 5.41) is 11.1. The summed E-state index contributed by atoms with van der Waals surface area (Å²) in [7, 11) is 3.26. The average molecular weight is 555 g/mol. The van der Waals surface area contributed by atoms with E-state index >= 15 is 0 Å². The van der Waals surface area contributed by atoms with Crippen molar-refractivity contribution in [1.82, 2.24) is 19.5 Å². The molecule has 0 saturated carbocycles. The van der Waals surface area contributed by atoms with Crippen molar-refractivity contribution in [1.29, 1.82) is 0 Å². The van der Waals surface area contributed by atoms with E-state index in [0.717, 1.165) is 28.2 Å². The number of H-pyrrole nitrogens is 1. The first-order chi connectivity index (χ1) is 20.0. The molecule has 0 bridgehead atoms. The third kappa shape index (κ3) is 4.86. The number of hydrogen-bond acceptors (Lipinski definition) is 8. The molecule has 2 N–H and O–H groups in total. The summed E-state index contributed by atoms with van der Waals surface area (Å²) < 4.78 is 25.7. The van der Waals surface area contributed by atoms with Crippen LogP contribution in [0.25, 0.3) is 11.2 Å². The molecule has 0 aliphatic carbocycles. The van der Waals surface area contributed by atoms with Gasteiger partial charge in [-0.2, -0.15) is 0 Å². The highest BCUT2D eigenvalue weighted by atomic mass is 16.6. The largest absolute Gasteiger partial charge is 0.497 e. The number of imidazole rings is 1. The van der Waals surface area contributed by atoms with Crippen LogP contribution in [0.4, 0.5) is 0 Å². The van der Waals surface area contributed by atoms with Gasteiger partial charge in [-0.1, -0.05) is 54.6 Å². The molecule has 1 aliphatic rings. The fraction of sp³-hybridized carbons (Fsp3) is 0.258. The molecule has 3 aromatic carbocycles. The van der Waals surface area contributed by atoms with Gasteiger partial charge in [0.05, 0.1) is 39.6 Å². The lowest BCUT2D eigenvalue weighted by Crippen LogP contribution is -2.38. The van der Waals surface area contributed by atoms with Crippen molar-refractivity contribution >= 4 is 11.2 Å². The van der Waals surface area contributed by atoms with Gasteiger partial charge in [-0.25, -0.2) is 9.97 Å². The maximum absolute atomic E-state index is 12.1. The Morgan fingerprint density at radius 3 is 2.15 bits per heavy atom. The first-order valence-electron chi connectivity index (χ1n) is 13.3. The molecule has 2 unspecified atom stereocenters. The highest BCUT2D eigenvalue weighted by molar-refractivity contribution is 5.68. The Labute approximate surface area is 236 Å². The summed E-state index contributed by atoms with van der Waals surface area (Å²) in [6.07, 6.45) is 1.09. The van der Waals surface area contributed by atoms with Crippen molar-refractivity contribution in [3.63, 3.8) is 0 Å². The summed E-state index contributed by atoms with van der Waals surface area (Å²) in [5.74, 6) is 1.45. The van der Waals surface area contributed by atoms with Crippen molar-refractivity contribution in [2.75, 3.05) is 20.8 Å². The second-order valence-electron chi connectivity index (χ2n) is 9.80. The van der Waals surface area contributed by atoms with Crippen LogP contribution in [0.5, 0.6) is 11.5 Å². The SMILES string of the molecule is COc1ccc(C(OCC2OC(n3cnc4c(=O)[nH]cnc43)C[C@H]2O)(c2ccccc2)c2ccc(OC)cc2)cc1. The predicted octanol–water partition coefficient (Wildman–Crippen LogP) is 3.79. The van der Waals surface area contributed by atoms with Crippen LogP contribution >= 0.6 is 0 Å². The summed E-state index contributed by atoms with van der Waals surface area (Å²) in [5.41, 5.74) is 1.89. The van der Waals surface area contributed by atoms with Crippen LogP contribution in [0.2, 0.25) is 0 Å². The third-order valence-electron chi connectivity index (χ3n) is 7.52. The molecule has 1 saturated heterocycles. The number of benzene rings is 3. The molecule has 0 radical (unpaired) electrons. The van der Waals surface area contributed by atoms with E-state index in [-0.39, 0.29) is 24.1 Å². The fourth-order valence-corrected chi connectivity index (χ4v) is 5.39. The van der Waals surface area contributed by atoms with Gasteiger partial charge in [0.1, 0.15) is 29.4 Å². The van der Waals surface area contributed by atoms with Gasteiger partial charge in [0.25, 0.3) is 5.56 Å². The van der Waals surface area contributed by atoms with Gasteiger partial charge < -0.3 is 29.0 Å². The topological polar surface area (TPSA) is 121 Å². The summed E-state index contributed by atoms with van der Waals surface area (Å²) in [6.45, 7) is 0.0747. The van der Waals surface area contributed by atoms with Gasteiger partial charge >= 0.3 is 0 Å². The number of fused-ring (bicyclic) bond motifs is 1. The van der Waals surface area contributed by atoms with Gasteiger partial charge in [0, 0.05) is 6.42 Å². The van der Waals surface area contributed by atoms with Gasteiger partial charge in [0.15, 0.2) is 11.2 Å². The molecule has 10 heteroatoms. The maximum Gasteiger partial charge on any atom is 0.278 e. The Morgan fingerprint density at radius 2 is 1.54 bits per heavy atom. The molecule has 1 fully saturated rings. The predicted molar refractivity (Wildman–Crippen MR) is 151 cm³/mol. The third-order valence-corrected chi connectivity index (χ3v) is 7.52. The number of aromatic amines is 1. The van der Waals surface area contributed by atoms with Crippen molar-refractivity contribution in [2.45, 2.75) is 30.5 Å². The zero-order valence-corrected chi connectivity index (χ0v) is 22.6. The van der Waals surface area contributed by atoms with Crippen molar-refractivity contribution in [2.24, 2.45) is 0 Å². The number of aromatic nitrogens is 4. The lowest BCUT2D eigenvalue weighted by atomic mass is 9.80. The normalized spacial score (nSPS) is 19.0. The molecule has 3 heterocycles. The van der Waals surface area contributed by atoms with Crippen LogP contribution in [-0.4, -0.2) is 57.7 Å². The first kappa shape index (κ1) is 26.7. The number of aliphatic hydroxyl groups is 1. The standard InChI is InChI=1S/C31H30N4O6/c1-38-23-12-8-21(9-13-23)31(20-6-4-3-5-7-20,22-10-14-24(39-2)15-11-22)40-17-26-25(36)16-27(41-26)35-19-34-28-29(35)32-18-33-30(28)37/h3-15,18-19,25-27,36H,16-17H2,1-2H3,(H,32,33,37)/t25-,26?,27?/m1/s1. The molecule has 5 aromatic rings. The van der Waals surface area contributed by atoms with E-state index in [1.54, 1.807) is 18.8 Å². The van der Waals surface area contributed by atoms with Crippen LogP contribution in [0, 0.1) is 0 Å². The van der Waals surface area contributed by atoms with Crippen LogP contribution in [0.3, 0.4) is 0 Å². The molecule has 10 nitrogen and oxygen atoms in total. The molecule has 6 rings (SSSR count). The molecule has 3 atom stereocenters. The van der Waals surface area contributed by atoms with Crippen molar-refractivity contribution in [3.05, 3.63) is 119 Å². The van der Waals surface area contributed by atoms with E-state index in [1.165, 1.54) is 12.7 Å². The van der Waals surface area contributed by atoms with Gasteiger partial charge in [-0.15, -0.1) is 0 Å². The van der Waals surface area contributed by atoms with Crippen molar-refractivity contribution in [3.8, 4) is 11.5 Å². The van der Waals surface area contributed by atoms with Crippen LogP contribution in [0.15, 0.2) is 96.3 Å². The summed E-state index contributed by atoms with van der Waals surface area (Å²) >= 11 is 0. The van der Waals surface area contributed by atoms with E-state index in [1.807, 2.05) is 78.9 Å². The van der Waals surface area contributed by atoms with Gasteiger partial charge in [-0.3, -0.25) is 9.36 Å². The lowest BCUT2D eigenvalue weighted by molar-refractivity contribution is -0.0931. The average Bonchev–Trinajstić information content (AvgIpc) is 3.62. The highest BCUT2D eigenvalue weighted by Gasteiger charge is 2.42. The quantitative estimate of drug-likeness (QED) is 0.264. The molecule has 210 valence electrons. The number of nitrogens with zero attached hydrogens (tertiary/aromatic N) is 3. The first-order valence-corrected chi connectivity index (χ1v) is 13.3. The van der Waals surface area contributed by atoms with Crippen LogP contribution < -0.4 is 15.0 Å². The van der Waals surface area contributed by atoms with Gasteiger partial charge in [0.2, 0.25) is 0 Å². The zero-order valence-electron chi connectivity index (χ0n) is 22.6. The number of ether oxygens (including phenoxy) is 4. The molecular formula is C31H30N4O6. The fourth-order valence-electron chi connectivity index (χ4n) is 5.39. The Kier molecular flexibility index (Phi) is 7.27. The monoisotopic (exact) mass is 554 g/mol. The Morgan fingerprint density at radius 1 is 0.927 bits per heavy atom.